The number of nitrogens with one attached hydrogen (secondary N) is 1. The van der Waals surface area contributed by atoms with E-state index in [0.29, 0.717) is 11.4 Å². The van der Waals surface area contributed by atoms with Crippen molar-refractivity contribution in [2.45, 2.75) is 69.2 Å². The monoisotopic (exact) mass is 483 g/mol. The summed E-state index contributed by atoms with van der Waals surface area (Å²) in [5, 5.41) is 14.8. The highest BCUT2D eigenvalue weighted by atomic mass is 35.5. The molecule has 0 radical (unpaired) electrons. The number of aromatic nitrogens is 2. The van der Waals surface area contributed by atoms with E-state index in [1.54, 1.807) is 6.33 Å². The van der Waals surface area contributed by atoms with Gasteiger partial charge in [-0.1, -0.05) is 30.7 Å². The zero-order chi connectivity index (χ0) is 24.1. The topological polar surface area (TPSA) is 81.6 Å². The van der Waals surface area contributed by atoms with Gasteiger partial charge in [-0.25, -0.2) is 9.97 Å². The molecule has 0 saturated carbocycles. The molecule has 182 valence electrons. The van der Waals surface area contributed by atoms with Gasteiger partial charge in [0.1, 0.15) is 24.0 Å². The van der Waals surface area contributed by atoms with Crippen LogP contribution in [0.5, 0.6) is 0 Å². The van der Waals surface area contributed by atoms with E-state index in [9.17, 15) is 9.90 Å². The molecule has 2 saturated heterocycles. The van der Waals surface area contributed by atoms with Crippen LogP contribution in [0.4, 0.5) is 5.82 Å². The minimum Gasteiger partial charge on any atom is -0.387 e. The van der Waals surface area contributed by atoms with E-state index in [4.69, 9.17) is 11.6 Å². The summed E-state index contributed by atoms with van der Waals surface area (Å²) < 4.78 is 0. The standard InChI is InChI=1S/C26H34ClN5O2/c1-17-14-20(34)23-22(17)24(29-16-28-23)31-10-12-32(13-11-31)26(15-33,18-4-6-19(27)7-5-18)21-8-9-25(2,3)30-21/h4-7,15-17,20-21,30,34H,8-14H2,1-3H3/t17-,20-,21+,26+/m1/s1. The number of rotatable bonds is 5. The summed E-state index contributed by atoms with van der Waals surface area (Å²) in [5.41, 5.74) is 2.05. The van der Waals surface area contributed by atoms with Gasteiger partial charge in [-0.15, -0.1) is 0 Å². The first-order valence-corrected chi connectivity index (χ1v) is 12.7. The van der Waals surface area contributed by atoms with Crippen molar-refractivity contribution in [2.24, 2.45) is 0 Å². The van der Waals surface area contributed by atoms with Gasteiger partial charge in [-0.3, -0.25) is 4.90 Å². The van der Waals surface area contributed by atoms with Crippen LogP contribution in [0.3, 0.4) is 0 Å². The summed E-state index contributed by atoms with van der Waals surface area (Å²) in [6, 6.07) is 7.77. The van der Waals surface area contributed by atoms with E-state index < -0.39 is 11.6 Å². The molecule has 1 aromatic carbocycles. The maximum absolute atomic E-state index is 13.0. The van der Waals surface area contributed by atoms with Crippen molar-refractivity contribution in [3.63, 3.8) is 0 Å². The zero-order valence-corrected chi connectivity index (χ0v) is 20.9. The quantitative estimate of drug-likeness (QED) is 0.630. The predicted octanol–water partition coefficient (Wildman–Crippen LogP) is 3.42. The molecule has 3 heterocycles. The first-order chi connectivity index (χ1) is 16.2. The number of nitrogens with zero attached hydrogens (tertiary/aromatic N) is 4. The van der Waals surface area contributed by atoms with Crippen molar-refractivity contribution in [2.75, 3.05) is 31.1 Å². The van der Waals surface area contributed by atoms with E-state index >= 15 is 0 Å². The normalized spacial score (nSPS) is 28.5. The number of carbonyl (C=O) groups is 1. The number of anilines is 1. The van der Waals surface area contributed by atoms with Gasteiger partial charge in [-0.2, -0.15) is 0 Å². The molecule has 1 aromatic heterocycles. The predicted molar refractivity (Wildman–Crippen MR) is 133 cm³/mol. The molecule has 5 rings (SSSR count). The smallest absolute Gasteiger partial charge is 0.146 e. The average Bonchev–Trinajstić information content (AvgIpc) is 3.34. The van der Waals surface area contributed by atoms with Gasteiger partial charge < -0.3 is 20.1 Å². The van der Waals surface area contributed by atoms with Crippen molar-refractivity contribution in [3.8, 4) is 0 Å². The van der Waals surface area contributed by atoms with Gasteiger partial charge in [-0.05, 0) is 56.7 Å². The molecule has 0 spiro atoms. The SMILES string of the molecule is C[C@@H]1C[C@@H](O)c2ncnc(N3CCN([C@@](C=O)(c4ccc(Cl)cc4)[C@@H]4CCC(C)(C)N4)CC3)c21. The molecule has 2 fully saturated rings. The third-order valence-corrected chi connectivity index (χ3v) is 8.27. The molecule has 34 heavy (non-hydrogen) atoms. The highest BCUT2D eigenvalue weighted by Crippen LogP contribution is 2.44. The summed E-state index contributed by atoms with van der Waals surface area (Å²) in [4.78, 5) is 26.6. The molecular weight excluding hydrogens is 450 g/mol. The van der Waals surface area contributed by atoms with Gasteiger partial charge in [0.15, 0.2) is 0 Å². The van der Waals surface area contributed by atoms with Gasteiger partial charge in [0.05, 0.1) is 11.8 Å². The Labute approximate surface area is 206 Å². The molecule has 7 nitrogen and oxygen atoms in total. The van der Waals surface area contributed by atoms with Crippen LogP contribution in [0.15, 0.2) is 30.6 Å². The second-order valence-electron chi connectivity index (χ2n) is 10.7. The van der Waals surface area contributed by atoms with Gasteiger partial charge >= 0.3 is 0 Å². The maximum atomic E-state index is 13.0. The number of halogens is 1. The first kappa shape index (κ1) is 23.7. The summed E-state index contributed by atoms with van der Waals surface area (Å²) in [6.45, 7) is 9.51. The Bertz CT molecular complexity index is 1050. The Morgan fingerprint density at radius 3 is 2.50 bits per heavy atom. The number of aldehydes is 1. The van der Waals surface area contributed by atoms with Crippen LogP contribution in [-0.2, 0) is 10.3 Å². The van der Waals surface area contributed by atoms with Crippen molar-refractivity contribution >= 4 is 23.7 Å². The Kier molecular flexibility index (Phi) is 6.17. The summed E-state index contributed by atoms with van der Waals surface area (Å²) >= 11 is 6.20. The van der Waals surface area contributed by atoms with Crippen molar-refractivity contribution < 1.29 is 9.90 Å². The molecule has 2 aromatic rings. The molecule has 1 aliphatic carbocycles. The fourth-order valence-electron chi connectivity index (χ4n) is 6.24. The van der Waals surface area contributed by atoms with Gasteiger partial charge in [0.25, 0.3) is 0 Å². The van der Waals surface area contributed by atoms with E-state index in [0.717, 1.165) is 67.9 Å². The maximum Gasteiger partial charge on any atom is 0.146 e. The van der Waals surface area contributed by atoms with Crippen LogP contribution in [0, 0.1) is 0 Å². The number of fused-ring (bicyclic) bond motifs is 1. The number of benzene rings is 1. The lowest BCUT2D eigenvalue weighted by Crippen LogP contribution is -2.64. The summed E-state index contributed by atoms with van der Waals surface area (Å²) in [7, 11) is 0. The minimum atomic E-state index is -0.762. The molecule has 0 amide bonds. The third-order valence-electron chi connectivity index (χ3n) is 8.02. The molecule has 2 aliphatic heterocycles. The van der Waals surface area contributed by atoms with Crippen LogP contribution in [-0.4, -0.2) is 64.0 Å². The lowest BCUT2D eigenvalue weighted by Gasteiger charge is -2.49. The molecule has 0 bridgehead atoms. The van der Waals surface area contributed by atoms with Crippen LogP contribution in [0.25, 0.3) is 0 Å². The van der Waals surface area contributed by atoms with Crippen molar-refractivity contribution in [1.82, 2.24) is 20.2 Å². The van der Waals surface area contributed by atoms with Crippen molar-refractivity contribution in [1.29, 1.82) is 0 Å². The fraction of sp³-hybridized carbons (Fsp3) is 0.577. The highest BCUT2D eigenvalue weighted by Gasteiger charge is 2.50. The summed E-state index contributed by atoms with van der Waals surface area (Å²) in [6.07, 6.45) is 4.84. The number of carbonyl (C=O) groups excluding carboxylic acids is 1. The van der Waals surface area contributed by atoms with Crippen LogP contribution >= 0.6 is 11.6 Å². The minimum absolute atomic E-state index is 0.00827. The zero-order valence-electron chi connectivity index (χ0n) is 20.2. The number of aliphatic hydroxyl groups is 1. The largest absolute Gasteiger partial charge is 0.387 e. The molecule has 4 atom stereocenters. The molecular formula is C26H34ClN5O2. The fourth-order valence-corrected chi connectivity index (χ4v) is 6.37. The Morgan fingerprint density at radius 1 is 1.18 bits per heavy atom. The van der Waals surface area contributed by atoms with Gasteiger partial charge in [0, 0.05) is 48.3 Å². The van der Waals surface area contributed by atoms with Crippen molar-refractivity contribution in [3.05, 3.63) is 52.4 Å². The second kappa shape index (κ2) is 8.86. The highest BCUT2D eigenvalue weighted by molar-refractivity contribution is 6.30. The Hall–Kier alpha value is -2.06. The van der Waals surface area contributed by atoms with E-state index in [2.05, 4.69) is 45.9 Å². The average molecular weight is 484 g/mol. The number of hydrogen-bond acceptors (Lipinski definition) is 7. The van der Waals surface area contributed by atoms with Crippen LogP contribution in [0.1, 0.15) is 68.9 Å². The molecule has 8 heteroatoms. The van der Waals surface area contributed by atoms with Crippen LogP contribution < -0.4 is 10.2 Å². The number of hydrogen-bond donors (Lipinski definition) is 2. The molecule has 3 aliphatic rings. The van der Waals surface area contributed by atoms with E-state index in [1.165, 1.54) is 0 Å². The van der Waals surface area contributed by atoms with Gasteiger partial charge in [0.2, 0.25) is 0 Å². The second-order valence-corrected chi connectivity index (χ2v) is 11.1. The lowest BCUT2D eigenvalue weighted by atomic mass is 9.80. The molecule has 2 N–H and O–H groups in total. The summed E-state index contributed by atoms with van der Waals surface area (Å²) in [5.74, 6) is 1.16. The Balaban J connectivity index is 1.44. The Morgan fingerprint density at radius 2 is 1.88 bits per heavy atom. The van der Waals surface area contributed by atoms with E-state index in [-0.39, 0.29) is 17.5 Å². The van der Waals surface area contributed by atoms with Crippen LogP contribution in [0.2, 0.25) is 5.02 Å². The molecule has 0 unspecified atom stereocenters. The van der Waals surface area contributed by atoms with E-state index in [1.807, 2.05) is 24.3 Å². The first-order valence-electron chi connectivity index (χ1n) is 12.3. The number of aliphatic hydroxyl groups excluding tert-OH is 1. The lowest BCUT2D eigenvalue weighted by molar-refractivity contribution is -0.122. The third kappa shape index (κ3) is 3.92. The number of piperazine rings is 1.